The molecule has 0 aliphatic carbocycles. The first-order valence-corrected chi connectivity index (χ1v) is 5.70. The summed E-state index contributed by atoms with van der Waals surface area (Å²) in [6.07, 6.45) is 0. The molecule has 4 heteroatoms. The molecular formula is C12H15BrO3. The number of hydrogen-bond donors (Lipinski definition) is 2. The van der Waals surface area contributed by atoms with Gasteiger partial charge in [-0.1, -0.05) is 28.1 Å². The van der Waals surface area contributed by atoms with Crippen molar-refractivity contribution in [1.29, 1.82) is 0 Å². The third-order valence-corrected chi connectivity index (χ3v) is 3.63. The normalized spacial score (nSPS) is 15.6. The van der Waals surface area contributed by atoms with Crippen LogP contribution in [0.15, 0.2) is 28.7 Å². The summed E-state index contributed by atoms with van der Waals surface area (Å²) in [5.74, 6) is -1.03. The molecule has 88 valence electrons. The van der Waals surface area contributed by atoms with Gasteiger partial charge in [-0.3, -0.25) is 4.79 Å². The van der Waals surface area contributed by atoms with Gasteiger partial charge in [-0.25, -0.2) is 0 Å². The largest absolute Gasteiger partial charge is 0.481 e. The highest BCUT2D eigenvalue weighted by Crippen LogP contribution is 2.40. The van der Waals surface area contributed by atoms with Crippen molar-refractivity contribution >= 4 is 21.9 Å². The van der Waals surface area contributed by atoms with Gasteiger partial charge in [0, 0.05) is 4.47 Å². The van der Waals surface area contributed by atoms with Crippen LogP contribution in [0.5, 0.6) is 0 Å². The number of rotatable bonds is 3. The molecule has 2 N–H and O–H groups in total. The number of carbonyl (C=O) groups is 1. The Morgan fingerprint density at radius 3 is 2.31 bits per heavy atom. The van der Waals surface area contributed by atoms with E-state index in [2.05, 4.69) is 15.9 Å². The number of aliphatic hydroxyl groups is 1. The van der Waals surface area contributed by atoms with Gasteiger partial charge in [0.1, 0.15) is 5.60 Å². The molecule has 1 aromatic rings. The molecule has 0 bridgehead atoms. The fraction of sp³-hybridized carbons (Fsp3) is 0.417. The topological polar surface area (TPSA) is 57.5 Å². The van der Waals surface area contributed by atoms with Gasteiger partial charge < -0.3 is 10.2 Å². The van der Waals surface area contributed by atoms with E-state index in [0.717, 1.165) is 4.47 Å². The zero-order valence-electron chi connectivity index (χ0n) is 9.49. The Morgan fingerprint density at radius 2 is 1.88 bits per heavy atom. The third kappa shape index (κ3) is 2.13. The van der Waals surface area contributed by atoms with Crippen LogP contribution in [-0.2, 0) is 10.4 Å². The van der Waals surface area contributed by atoms with Crippen LogP contribution < -0.4 is 0 Å². The highest BCUT2D eigenvalue weighted by Gasteiger charge is 2.46. The number of carboxylic acids is 1. The smallest absolute Gasteiger partial charge is 0.312 e. The zero-order chi connectivity index (χ0) is 12.6. The standard InChI is InChI=1S/C12H15BrO3/c1-11(2,10(14)15)12(3,16)8-5-4-6-9(13)7-8/h4-7,16H,1-3H3,(H,14,15). The molecule has 0 heterocycles. The summed E-state index contributed by atoms with van der Waals surface area (Å²) in [7, 11) is 0. The van der Waals surface area contributed by atoms with Gasteiger partial charge in [-0.15, -0.1) is 0 Å². The Morgan fingerprint density at radius 1 is 1.31 bits per heavy atom. The quantitative estimate of drug-likeness (QED) is 0.898. The van der Waals surface area contributed by atoms with Crippen molar-refractivity contribution in [1.82, 2.24) is 0 Å². The van der Waals surface area contributed by atoms with E-state index in [4.69, 9.17) is 5.11 Å². The van der Waals surface area contributed by atoms with Gasteiger partial charge in [0.25, 0.3) is 0 Å². The SMILES string of the molecule is CC(C)(C(=O)O)C(C)(O)c1cccc(Br)c1. The van der Waals surface area contributed by atoms with Crippen LogP contribution in [0.3, 0.4) is 0 Å². The second-order valence-electron chi connectivity index (χ2n) is 4.51. The summed E-state index contributed by atoms with van der Waals surface area (Å²) in [6.45, 7) is 4.54. The highest BCUT2D eigenvalue weighted by atomic mass is 79.9. The van der Waals surface area contributed by atoms with E-state index < -0.39 is 17.0 Å². The van der Waals surface area contributed by atoms with Crippen LogP contribution in [0.4, 0.5) is 0 Å². The van der Waals surface area contributed by atoms with Crippen LogP contribution in [0.1, 0.15) is 26.3 Å². The number of aliphatic carboxylic acids is 1. The average molecular weight is 287 g/mol. The lowest BCUT2D eigenvalue weighted by atomic mass is 9.72. The van der Waals surface area contributed by atoms with E-state index in [1.165, 1.54) is 20.8 Å². The monoisotopic (exact) mass is 286 g/mol. The molecule has 0 fully saturated rings. The molecule has 0 saturated carbocycles. The number of halogens is 1. The van der Waals surface area contributed by atoms with E-state index in [1.807, 2.05) is 6.07 Å². The summed E-state index contributed by atoms with van der Waals surface area (Å²) in [5, 5.41) is 19.5. The molecule has 16 heavy (non-hydrogen) atoms. The lowest BCUT2D eigenvalue weighted by Crippen LogP contribution is -2.44. The van der Waals surface area contributed by atoms with E-state index in [-0.39, 0.29) is 0 Å². The Balaban J connectivity index is 3.26. The molecule has 0 aliphatic rings. The first-order valence-electron chi connectivity index (χ1n) is 4.91. The Labute approximate surface area is 103 Å². The second kappa shape index (κ2) is 4.18. The number of hydrogen-bond acceptors (Lipinski definition) is 2. The van der Waals surface area contributed by atoms with E-state index in [9.17, 15) is 9.90 Å². The van der Waals surface area contributed by atoms with Gasteiger partial charge >= 0.3 is 5.97 Å². The molecule has 1 aromatic carbocycles. The lowest BCUT2D eigenvalue weighted by molar-refractivity contribution is -0.164. The minimum atomic E-state index is -1.43. The summed E-state index contributed by atoms with van der Waals surface area (Å²) in [4.78, 5) is 11.2. The highest BCUT2D eigenvalue weighted by molar-refractivity contribution is 9.10. The zero-order valence-corrected chi connectivity index (χ0v) is 11.1. The minimum Gasteiger partial charge on any atom is -0.481 e. The van der Waals surface area contributed by atoms with Crippen molar-refractivity contribution in [3.63, 3.8) is 0 Å². The third-order valence-electron chi connectivity index (χ3n) is 3.14. The van der Waals surface area contributed by atoms with Crippen LogP contribution >= 0.6 is 15.9 Å². The molecule has 1 rings (SSSR count). The van der Waals surface area contributed by atoms with Crippen molar-refractivity contribution in [2.75, 3.05) is 0 Å². The van der Waals surface area contributed by atoms with Crippen molar-refractivity contribution in [2.24, 2.45) is 5.41 Å². The molecule has 1 unspecified atom stereocenters. The average Bonchev–Trinajstić information content (AvgIpc) is 2.17. The summed E-state index contributed by atoms with van der Waals surface area (Å²) < 4.78 is 0.812. The Kier molecular flexibility index (Phi) is 3.45. The lowest BCUT2D eigenvalue weighted by Gasteiger charge is -2.37. The molecule has 0 amide bonds. The van der Waals surface area contributed by atoms with Gasteiger partial charge in [-0.05, 0) is 38.5 Å². The fourth-order valence-corrected chi connectivity index (χ4v) is 1.76. The van der Waals surface area contributed by atoms with Gasteiger partial charge in [0.2, 0.25) is 0 Å². The maximum atomic E-state index is 11.2. The molecule has 3 nitrogen and oxygen atoms in total. The first-order chi connectivity index (χ1) is 7.19. The summed E-state index contributed by atoms with van der Waals surface area (Å²) in [6, 6.07) is 7.04. The van der Waals surface area contributed by atoms with Gasteiger partial charge in [0.15, 0.2) is 0 Å². The predicted molar refractivity (Wildman–Crippen MR) is 65.1 cm³/mol. The molecular weight excluding hydrogens is 272 g/mol. The van der Waals surface area contributed by atoms with Gasteiger partial charge in [-0.2, -0.15) is 0 Å². The Bertz CT molecular complexity index is 410. The van der Waals surface area contributed by atoms with Crippen LogP contribution in [0.25, 0.3) is 0 Å². The molecule has 0 saturated heterocycles. The fourth-order valence-electron chi connectivity index (χ4n) is 1.36. The first kappa shape index (κ1) is 13.2. The van der Waals surface area contributed by atoms with E-state index in [0.29, 0.717) is 5.56 Å². The van der Waals surface area contributed by atoms with Crippen LogP contribution in [0, 0.1) is 5.41 Å². The molecule has 0 aromatic heterocycles. The van der Waals surface area contributed by atoms with Crippen molar-refractivity contribution < 1.29 is 15.0 Å². The van der Waals surface area contributed by atoms with Crippen molar-refractivity contribution in [3.8, 4) is 0 Å². The van der Waals surface area contributed by atoms with Crippen LogP contribution in [0.2, 0.25) is 0 Å². The van der Waals surface area contributed by atoms with E-state index in [1.54, 1.807) is 18.2 Å². The van der Waals surface area contributed by atoms with Crippen molar-refractivity contribution in [2.45, 2.75) is 26.4 Å². The maximum absolute atomic E-state index is 11.2. The summed E-state index contributed by atoms with van der Waals surface area (Å²) >= 11 is 3.30. The summed E-state index contributed by atoms with van der Waals surface area (Å²) in [5.41, 5.74) is -2.11. The minimum absolute atomic E-state index is 0.578. The Hall–Kier alpha value is -0.870. The molecule has 0 spiro atoms. The van der Waals surface area contributed by atoms with Crippen molar-refractivity contribution in [3.05, 3.63) is 34.3 Å². The van der Waals surface area contributed by atoms with E-state index >= 15 is 0 Å². The molecule has 0 radical (unpaired) electrons. The second-order valence-corrected chi connectivity index (χ2v) is 5.43. The van der Waals surface area contributed by atoms with Gasteiger partial charge in [0.05, 0.1) is 5.41 Å². The maximum Gasteiger partial charge on any atom is 0.312 e. The van der Waals surface area contributed by atoms with Crippen LogP contribution in [-0.4, -0.2) is 16.2 Å². The predicted octanol–water partition coefficient (Wildman–Crippen LogP) is 2.77. The number of benzene rings is 1. The molecule has 1 atom stereocenters. The molecule has 0 aliphatic heterocycles. The number of carboxylic acid groups (broad SMARTS) is 1.